The Kier molecular flexibility index (Phi) is 14.3. The zero-order valence-corrected chi connectivity index (χ0v) is 10.7. The first-order valence-electron chi connectivity index (χ1n) is 3.49. The molecule has 0 N–H and O–H groups in total. The molecule has 0 aliphatic carbocycles. The SMILES string of the molecule is C=CCc1ccccc1.O=[PH+][O-].[Na+]. The normalized spacial score (nSPS) is 7.77. The summed E-state index contributed by atoms with van der Waals surface area (Å²) in [6, 6.07) is 10.3. The minimum Gasteiger partial charge on any atom is -0.597 e. The van der Waals surface area contributed by atoms with Gasteiger partial charge in [0.2, 0.25) is 0 Å². The van der Waals surface area contributed by atoms with E-state index in [4.69, 9.17) is 9.46 Å². The third-order valence-electron chi connectivity index (χ3n) is 1.22. The van der Waals surface area contributed by atoms with Gasteiger partial charge in [-0.2, -0.15) is 0 Å². The molecule has 13 heavy (non-hydrogen) atoms. The van der Waals surface area contributed by atoms with Crippen molar-refractivity contribution in [3.63, 3.8) is 0 Å². The van der Waals surface area contributed by atoms with Crippen molar-refractivity contribution in [2.45, 2.75) is 6.42 Å². The molecule has 0 heterocycles. The van der Waals surface area contributed by atoms with Gasteiger partial charge < -0.3 is 4.89 Å². The molecule has 0 fully saturated rings. The van der Waals surface area contributed by atoms with E-state index in [1.807, 2.05) is 24.3 Å². The van der Waals surface area contributed by atoms with Gasteiger partial charge in [-0.05, 0) is 12.0 Å². The maximum Gasteiger partial charge on any atom is 1.00 e. The maximum atomic E-state index is 8.40. The predicted molar refractivity (Wildman–Crippen MR) is 49.3 cm³/mol. The van der Waals surface area contributed by atoms with Gasteiger partial charge in [-0.15, -0.1) is 6.58 Å². The molecule has 1 rings (SSSR count). The Labute approximate surface area is 102 Å². The molecule has 0 saturated carbocycles. The summed E-state index contributed by atoms with van der Waals surface area (Å²) in [5, 5.41) is 0. The number of hydrogen-bond acceptors (Lipinski definition) is 2. The van der Waals surface area contributed by atoms with Gasteiger partial charge >= 0.3 is 29.6 Å². The predicted octanol–water partition coefficient (Wildman–Crippen LogP) is -1.30. The van der Waals surface area contributed by atoms with E-state index in [0.29, 0.717) is 0 Å². The zero-order chi connectivity index (χ0) is 9.23. The second-order valence-electron chi connectivity index (χ2n) is 2.06. The number of allylic oxidation sites excluding steroid dienone is 1. The fourth-order valence-electron chi connectivity index (χ4n) is 0.781. The maximum absolute atomic E-state index is 8.40. The van der Waals surface area contributed by atoms with Crippen LogP contribution in [0.25, 0.3) is 0 Å². The average Bonchev–Trinajstić information content (AvgIpc) is 2.08. The van der Waals surface area contributed by atoms with Crippen LogP contribution in [0.4, 0.5) is 0 Å². The Hall–Kier alpha value is 0.0200. The Bertz CT molecular complexity index is 226. The standard InChI is InChI=1S/C9H10.Na.HO2P/c1-2-6-9-7-4-3-5-8-9;;1-3-2/h2-5,7-8H,1,6H2;;3H/q;+1;. The van der Waals surface area contributed by atoms with E-state index in [0.717, 1.165) is 6.42 Å². The first kappa shape index (κ1) is 15.5. The fraction of sp³-hybridized carbons (Fsp3) is 0.111. The van der Waals surface area contributed by atoms with Crippen molar-refractivity contribution in [2.24, 2.45) is 0 Å². The van der Waals surface area contributed by atoms with Gasteiger partial charge in [0.05, 0.1) is 0 Å². The molecule has 0 saturated heterocycles. The summed E-state index contributed by atoms with van der Waals surface area (Å²) in [6.07, 6.45) is 2.89. The first-order valence-corrected chi connectivity index (χ1v) is 4.31. The molecular formula is C9H11NaO2P+. The van der Waals surface area contributed by atoms with E-state index in [-0.39, 0.29) is 29.6 Å². The molecule has 4 heteroatoms. The smallest absolute Gasteiger partial charge is 0.597 e. The number of rotatable bonds is 2. The summed E-state index contributed by atoms with van der Waals surface area (Å²) in [5.41, 5.74) is 1.33. The van der Waals surface area contributed by atoms with Crippen molar-refractivity contribution in [1.29, 1.82) is 0 Å². The second kappa shape index (κ2) is 12.0. The van der Waals surface area contributed by atoms with Crippen LogP contribution in [0, 0.1) is 0 Å². The van der Waals surface area contributed by atoms with Crippen molar-refractivity contribution < 1.29 is 39.0 Å². The summed E-state index contributed by atoms with van der Waals surface area (Å²) in [7, 11) is -1.42. The van der Waals surface area contributed by atoms with E-state index < -0.39 is 8.69 Å². The summed E-state index contributed by atoms with van der Waals surface area (Å²) >= 11 is 0. The van der Waals surface area contributed by atoms with Crippen molar-refractivity contribution in [3.05, 3.63) is 48.6 Å². The molecule has 0 aromatic heterocycles. The molecule has 0 spiro atoms. The monoisotopic (exact) mass is 205 g/mol. The third kappa shape index (κ3) is 9.94. The van der Waals surface area contributed by atoms with Crippen LogP contribution in [-0.4, -0.2) is 0 Å². The van der Waals surface area contributed by atoms with E-state index in [1.165, 1.54) is 5.56 Å². The second-order valence-corrected chi connectivity index (χ2v) is 2.23. The molecule has 0 aliphatic rings. The van der Waals surface area contributed by atoms with E-state index >= 15 is 0 Å². The largest absolute Gasteiger partial charge is 1.00 e. The molecule has 2 nitrogen and oxygen atoms in total. The van der Waals surface area contributed by atoms with Gasteiger partial charge in [0, 0.05) is 0 Å². The van der Waals surface area contributed by atoms with Crippen LogP contribution in [0.2, 0.25) is 0 Å². The summed E-state index contributed by atoms with van der Waals surface area (Å²) in [4.78, 5) is 8.40. The van der Waals surface area contributed by atoms with Gasteiger partial charge in [-0.1, -0.05) is 41.0 Å². The van der Waals surface area contributed by atoms with Crippen molar-refractivity contribution in [3.8, 4) is 0 Å². The minimum atomic E-state index is -1.42. The summed E-state index contributed by atoms with van der Waals surface area (Å²) in [6.45, 7) is 3.66. The van der Waals surface area contributed by atoms with Gasteiger partial charge in [-0.25, -0.2) is 0 Å². The average molecular weight is 205 g/mol. The molecular weight excluding hydrogens is 194 g/mol. The molecule has 0 radical (unpaired) electrons. The Morgan fingerprint density at radius 2 is 1.85 bits per heavy atom. The van der Waals surface area contributed by atoms with Crippen LogP contribution in [0.15, 0.2) is 43.0 Å². The molecule has 0 bridgehead atoms. The zero-order valence-electron chi connectivity index (χ0n) is 7.69. The van der Waals surface area contributed by atoms with Gasteiger partial charge in [0.1, 0.15) is 0 Å². The van der Waals surface area contributed by atoms with Crippen LogP contribution < -0.4 is 34.5 Å². The van der Waals surface area contributed by atoms with Crippen LogP contribution in [0.5, 0.6) is 0 Å². The Morgan fingerprint density at radius 3 is 2.23 bits per heavy atom. The number of hydrogen-bond donors (Lipinski definition) is 0. The Morgan fingerprint density at radius 1 is 1.38 bits per heavy atom. The molecule has 1 unspecified atom stereocenters. The van der Waals surface area contributed by atoms with Gasteiger partial charge in [0.25, 0.3) is 8.69 Å². The van der Waals surface area contributed by atoms with E-state index in [9.17, 15) is 0 Å². The number of benzene rings is 1. The van der Waals surface area contributed by atoms with E-state index in [1.54, 1.807) is 0 Å². The summed E-state index contributed by atoms with van der Waals surface area (Å²) < 4.78 is 8.40. The fourth-order valence-corrected chi connectivity index (χ4v) is 0.781. The molecule has 0 aliphatic heterocycles. The van der Waals surface area contributed by atoms with E-state index in [2.05, 4.69) is 18.7 Å². The molecule has 0 amide bonds. The van der Waals surface area contributed by atoms with Crippen LogP contribution in [0.3, 0.4) is 0 Å². The minimum absolute atomic E-state index is 0. The van der Waals surface area contributed by atoms with Crippen LogP contribution >= 0.6 is 8.69 Å². The van der Waals surface area contributed by atoms with Gasteiger partial charge in [0.15, 0.2) is 0 Å². The first-order chi connectivity index (χ1) is 5.85. The summed E-state index contributed by atoms with van der Waals surface area (Å²) in [5.74, 6) is 0. The quantitative estimate of drug-likeness (QED) is 0.342. The molecule has 1 aromatic rings. The topological polar surface area (TPSA) is 40.1 Å². The molecule has 64 valence electrons. The third-order valence-corrected chi connectivity index (χ3v) is 1.22. The van der Waals surface area contributed by atoms with Crippen molar-refractivity contribution in [1.82, 2.24) is 0 Å². The molecule has 1 aromatic carbocycles. The molecule has 1 atom stereocenters. The van der Waals surface area contributed by atoms with Crippen LogP contribution in [0.1, 0.15) is 5.56 Å². The van der Waals surface area contributed by atoms with Crippen molar-refractivity contribution >= 4 is 8.69 Å². The van der Waals surface area contributed by atoms with Crippen molar-refractivity contribution in [2.75, 3.05) is 0 Å². The van der Waals surface area contributed by atoms with Crippen LogP contribution in [-0.2, 0) is 11.0 Å². The van der Waals surface area contributed by atoms with Gasteiger partial charge in [-0.3, -0.25) is 0 Å². The Balaban J connectivity index is 0.